The zero-order valence-electron chi connectivity index (χ0n) is 14.8. The van der Waals surface area contributed by atoms with E-state index in [1.54, 1.807) is 19.9 Å². The van der Waals surface area contributed by atoms with Gasteiger partial charge in [0, 0.05) is 29.0 Å². The van der Waals surface area contributed by atoms with Crippen molar-refractivity contribution < 1.29 is 17.9 Å². The summed E-state index contributed by atoms with van der Waals surface area (Å²) >= 11 is 0. The number of hydrogen-bond acceptors (Lipinski definition) is 4. The van der Waals surface area contributed by atoms with Gasteiger partial charge in [-0.25, -0.2) is 23.1 Å². The van der Waals surface area contributed by atoms with Crippen LogP contribution in [0.15, 0.2) is 24.3 Å². The van der Waals surface area contributed by atoms with Crippen molar-refractivity contribution in [2.24, 2.45) is 0 Å². The molecule has 0 spiro atoms. The van der Waals surface area contributed by atoms with Gasteiger partial charge in [-0.1, -0.05) is 18.2 Å². The number of halogens is 3. The number of anilines is 1. The third-order valence-corrected chi connectivity index (χ3v) is 4.68. The molecular weight excluding hydrogens is 355 g/mol. The number of rotatable bonds is 4. The minimum atomic E-state index is -2.86. The van der Waals surface area contributed by atoms with E-state index in [2.05, 4.69) is 21.4 Å². The molecule has 0 bridgehead atoms. The predicted molar refractivity (Wildman–Crippen MR) is 95.7 cm³/mol. The van der Waals surface area contributed by atoms with Gasteiger partial charge in [0.2, 0.25) is 0 Å². The van der Waals surface area contributed by atoms with Crippen molar-refractivity contribution in [2.75, 3.05) is 11.9 Å². The molecule has 7 heteroatoms. The first-order valence-electron chi connectivity index (χ1n) is 8.63. The van der Waals surface area contributed by atoms with Crippen molar-refractivity contribution in [1.29, 1.82) is 0 Å². The van der Waals surface area contributed by atoms with Crippen LogP contribution in [0.3, 0.4) is 0 Å². The van der Waals surface area contributed by atoms with E-state index in [1.807, 2.05) is 0 Å². The van der Waals surface area contributed by atoms with E-state index in [1.165, 1.54) is 12.1 Å². The standard InChI is InChI=1S/C20H17F3N3O/c1-10(12-4-3-5-14(17(12)21)19(22)23)24-20-15-6-7-16-13(8-9-27-16)18(15)25-11(2)26-20/h3-6,10,19H,8-9H2,1-2H3,(H,24,25,26)/t10-/m1/s1. The molecule has 139 valence electrons. The van der Waals surface area contributed by atoms with Crippen LogP contribution < -0.4 is 10.1 Å². The zero-order valence-corrected chi connectivity index (χ0v) is 14.8. The van der Waals surface area contributed by atoms with Crippen LogP contribution in [0.25, 0.3) is 10.9 Å². The van der Waals surface area contributed by atoms with Gasteiger partial charge in [0.1, 0.15) is 23.2 Å². The maximum atomic E-state index is 14.5. The van der Waals surface area contributed by atoms with E-state index < -0.39 is 23.8 Å². The molecule has 2 aromatic carbocycles. The summed E-state index contributed by atoms with van der Waals surface area (Å²) in [7, 11) is 0. The van der Waals surface area contributed by atoms with E-state index in [0.717, 1.165) is 29.0 Å². The molecule has 1 aliphatic rings. The highest BCUT2D eigenvalue weighted by Gasteiger charge is 2.22. The van der Waals surface area contributed by atoms with Crippen LogP contribution in [0.5, 0.6) is 5.75 Å². The molecule has 1 aliphatic heterocycles. The van der Waals surface area contributed by atoms with Gasteiger partial charge in [0.25, 0.3) is 6.43 Å². The van der Waals surface area contributed by atoms with Crippen molar-refractivity contribution in [3.05, 3.63) is 58.7 Å². The number of nitrogens with one attached hydrogen (secondary N) is 1. The fraction of sp³-hybridized carbons (Fsp3) is 0.300. The maximum absolute atomic E-state index is 14.5. The number of fused-ring (bicyclic) bond motifs is 3. The number of ether oxygens (including phenoxy) is 1. The molecule has 4 rings (SSSR count). The Kier molecular flexibility index (Phi) is 4.37. The Morgan fingerprint density at radius 3 is 2.78 bits per heavy atom. The highest BCUT2D eigenvalue weighted by Crippen LogP contribution is 2.35. The van der Waals surface area contributed by atoms with Crippen molar-refractivity contribution in [3.8, 4) is 5.75 Å². The summed E-state index contributed by atoms with van der Waals surface area (Å²) in [5, 5.41) is 3.88. The number of benzene rings is 2. The quantitative estimate of drug-likeness (QED) is 0.706. The molecule has 27 heavy (non-hydrogen) atoms. The Hall–Kier alpha value is -2.83. The topological polar surface area (TPSA) is 47.0 Å². The first-order chi connectivity index (χ1) is 13.0. The normalized spacial score (nSPS) is 14.3. The van der Waals surface area contributed by atoms with Crippen LogP contribution in [0.4, 0.5) is 19.0 Å². The summed E-state index contributed by atoms with van der Waals surface area (Å²) in [6.07, 6.45) is -2.13. The molecule has 0 unspecified atom stereocenters. The number of nitrogens with zero attached hydrogens (tertiary/aromatic N) is 2. The van der Waals surface area contributed by atoms with Gasteiger partial charge in [-0.15, -0.1) is 0 Å². The third-order valence-electron chi connectivity index (χ3n) is 4.68. The van der Waals surface area contributed by atoms with Crippen LogP contribution in [0.2, 0.25) is 0 Å². The highest BCUT2D eigenvalue weighted by atomic mass is 19.3. The fourth-order valence-electron chi connectivity index (χ4n) is 3.36. The molecule has 4 nitrogen and oxygen atoms in total. The van der Waals surface area contributed by atoms with Crippen molar-refractivity contribution in [1.82, 2.24) is 9.97 Å². The smallest absolute Gasteiger partial charge is 0.266 e. The van der Waals surface area contributed by atoms with Crippen LogP contribution in [0, 0.1) is 18.8 Å². The molecule has 1 N–H and O–H groups in total. The summed E-state index contributed by atoms with van der Waals surface area (Å²) in [4.78, 5) is 8.94. The Morgan fingerprint density at radius 1 is 1.22 bits per heavy atom. The lowest BCUT2D eigenvalue weighted by molar-refractivity contribution is 0.146. The van der Waals surface area contributed by atoms with Gasteiger partial charge >= 0.3 is 0 Å². The van der Waals surface area contributed by atoms with Gasteiger partial charge in [-0.3, -0.25) is 0 Å². The second-order valence-corrected chi connectivity index (χ2v) is 6.49. The molecule has 0 aliphatic carbocycles. The molecule has 0 saturated carbocycles. The first kappa shape index (κ1) is 17.6. The molecular formula is C20H17F3N3O. The van der Waals surface area contributed by atoms with E-state index in [-0.39, 0.29) is 5.56 Å². The minimum Gasteiger partial charge on any atom is -0.492 e. The number of aryl methyl sites for hydroxylation is 1. The summed E-state index contributed by atoms with van der Waals surface area (Å²) in [5.41, 5.74) is 1.30. The summed E-state index contributed by atoms with van der Waals surface area (Å²) < 4.78 is 46.0. The lowest BCUT2D eigenvalue weighted by Gasteiger charge is -2.19. The Bertz CT molecular complexity index is 1020. The SMILES string of the molecule is Cc1nc(N[C@H](C)c2cccc(C(F)F)c2F)c2c[c]c3c(c2n1)CCO3. The Morgan fingerprint density at radius 2 is 2.00 bits per heavy atom. The van der Waals surface area contributed by atoms with Crippen molar-refractivity contribution >= 4 is 16.7 Å². The van der Waals surface area contributed by atoms with Gasteiger partial charge in [-0.05, 0) is 19.9 Å². The number of alkyl halides is 2. The monoisotopic (exact) mass is 372 g/mol. The van der Waals surface area contributed by atoms with Crippen LogP contribution >= 0.6 is 0 Å². The van der Waals surface area contributed by atoms with Crippen LogP contribution in [-0.2, 0) is 6.42 Å². The second-order valence-electron chi connectivity index (χ2n) is 6.49. The minimum absolute atomic E-state index is 0.158. The van der Waals surface area contributed by atoms with Crippen LogP contribution in [-0.4, -0.2) is 16.6 Å². The Labute approximate surface area is 154 Å². The summed E-state index contributed by atoms with van der Waals surface area (Å²) in [6.45, 7) is 4.06. The van der Waals surface area contributed by atoms with Crippen LogP contribution in [0.1, 0.15) is 41.9 Å². The van der Waals surface area contributed by atoms with E-state index >= 15 is 0 Å². The maximum Gasteiger partial charge on any atom is 0.266 e. The van der Waals surface area contributed by atoms with Crippen molar-refractivity contribution in [2.45, 2.75) is 32.7 Å². The molecule has 1 aromatic heterocycles. The lowest BCUT2D eigenvalue weighted by atomic mass is 10.0. The average Bonchev–Trinajstić information content (AvgIpc) is 3.10. The molecule has 1 atom stereocenters. The first-order valence-corrected chi connectivity index (χ1v) is 8.63. The second kappa shape index (κ2) is 6.72. The fourth-order valence-corrected chi connectivity index (χ4v) is 3.36. The largest absolute Gasteiger partial charge is 0.492 e. The van der Waals surface area contributed by atoms with E-state index in [0.29, 0.717) is 24.0 Å². The lowest BCUT2D eigenvalue weighted by Crippen LogP contribution is -2.12. The third kappa shape index (κ3) is 3.07. The summed E-state index contributed by atoms with van der Waals surface area (Å²) in [6, 6.07) is 8.28. The van der Waals surface area contributed by atoms with E-state index in [9.17, 15) is 13.2 Å². The van der Waals surface area contributed by atoms with Gasteiger partial charge < -0.3 is 10.1 Å². The molecule has 3 aromatic rings. The zero-order chi connectivity index (χ0) is 19.1. The van der Waals surface area contributed by atoms with Gasteiger partial charge in [-0.2, -0.15) is 0 Å². The predicted octanol–water partition coefficient (Wildman–Crippen LogP) is 4.92. The molecule has 0 amide bonds. The van der Waals surface area contributed by atoms with E-state index in [4.69, 9.17) is 4.74 Å². The average molecular weight is 372 g/mol. The highest BCUT2D eigenvalue weighted by molar-refractivity contribution is 5.93. The molecule has 2 heterocycles. The molecule has 1 radical (unpaired) electrons. The van der Waals surface area contributed by atoms with Gasteiger partial charge in [0.15, 0.2) is 0 Å². The molecule has 0 saturated heterocycles. The Balaban J connectivity index is 1.75. The van der Waals surface area contributed by atoms with Gasteiger partial charge in [0.05, 0.1) is 23.7 Å². The van der Waals surface area contributed by atoms with Crippen molar-refractivity contribution in [3.63, 3.8) is 0 Å². The number of aromatic nitrogens is 2. The molecule has 0 fully saturated rings. The summed E-state index contributed by atoms with van der Waals surface area (Å²) in [5.74, 6) is 0.857. The number of hydrogen-bond donors (Lipinski definition) is 1.